The van der Waals surface area contributed by atoms with Crippen LogP contribution in [0.25, 0.3) is 0 Å². The maximum Gasteiger partial charge on any atom is 0.250 e. The van der Waals surface area contributed by atoms with E-state index in [4.69, 9.17) is 16.3 Å². The fraction of sp³-hybridized carbons (Fsp3) is 0.435. The summed E-state index contributed by atoms with van der Waals surface area (Å²) < 4.78 is 7.04. The molecule has 0 saturated carbocycles. The van der Waals surface area contributed by atoms with Crippen LogP contribution >= 0.6 is 11.6 Å². The first-order valence-electron chi connectivity index (χ1n) is 10.6. The Balaban J connectivity index is 1.32. The number of carbonyl (C=O) groups excluding carboxylic acids is 2. The van der Waals surface area contributed by atoms with Gasteiger partial charge in [-0.25, -0.2) is 0 Å². The van der Waals surface area contributed by atoms with Crippen LogP contribution in [-0.4, -0.2) is 48.0 Å². The molecule has 1 aromatic heterocycles. The summed E-state index contributed by atoms with van der Waals surface area (Å²) in [7, 11) is 1.54. The Morgan fingerprint density at radius 2 is 1.94 bits per heavy atom. The summed E-state index contributed by atoms with van der Waals surface area (Å²) in [6, 6.07) is 10.6. The number of piperidine rings is 1. The normalized spacial score (nSPS) is 24.8. The van der Waals surface area contributed by atoms with E-state index in [9.17, 15) is 14.4 Å². The van der Waals surface area contributed by atoms with E-state index in [2.05, 4.69) is 0 Å². The highest BCUT2D eigenvalue weighted by molar-refractivity contribution is 6.32. The second-order valence-electron chi connectivity index (χ2n) is 8.67. The molecule has 2 bridgehead atoms. The Hall–Kier alpha value is -2.80. The largest absolute Gasteiger partial charge is 0.495 e. The number of nitrogens with zero attached hydrogens (tertiary/aromatic N) is 3. The number of carbonyl (C=O) groups is 2. The second kappa shape index (κ2) is 7.71. The van der Waals surface area contributed by atoms with E-state index in [1.807, 2.05) is 15.5 Å². The predicted molar refractivity (Wildman–Crippen MR) is 117 cm³/mol. The minimum Gasteiger partial charge on any atom is -0.495 e. The van der Waals surface area contributed by atoms with E-state index in [0.29, 0.717) is 42.6 Å². The Morgan fingerprint density at radius 3 is 2.71 bits per heavy atom. The first-order valence-corrected chi connectivity index (χ1v) is 10.9. The number of methoxy groups -OCH3 is 1. The lowest BCUT2D eigenvalue weighted by Gasteiger charge is -2.43. The van der Waals surface area contributed by atoms with Gasteiger partial charge in [-0.2, -0.15) is 0 Å². The fourth-order valence-electron chi connectivity index (χ4n) is 5.28. The van der Waals surface area contributed by atoms with Crippen molar-refractivity contribution in [3.63, 3.8) is 0 Å². The molecular weight excluding hydrogens is 418 g/mol. The molecule has 3 unspecified atom stereocenters. The van der Waals surface area contributed by atoms with Crippen LogP contribution in [0.5, 0.6) is 5.75 Å². The summed E-state index contributed by atoms with van der Waals surface area (Å²) >= 11 is 6.22. The topological polar surface area (TPSA) is 71.8 Å². The summed E-state index contributed by atoms with van der Waals surface area (Å²) in [4.78, 5) is 41.8. The molecule has 1 aromatic carbocycles. The van der Waals surface area contributed by atoms with E-state index >= 15 is 0 Å². The molecule has 4 heterocycles. The van der Waals surface area contributed by atoms with E-state index in [-0.39, 0.29) is 41.5 Å². The average Bonchev–Trinajstić information content (AvgIpc) is 3.15. The summed E-state index contributed by atoms with van der Waals surface area (Å²) in [5.41, 5.74) is 1.72. The average molecular weight is 442 g/mol. The first-order chi connectivity index (χ1) is 14.9. The van der Waals surface area contributed by atoms with Crippen molar-refractivity contribution in [2.24, 2.45) is 11.8 Å². The molecule has 0 aliphatic carbocycles. The number of likely N-dealkylation sites (tertiary alicyclic amines) is 1. The Morgan fingerprint density at radius 1 is 1.10 bits per heavy atom. The van der Waals surface area contributed by atoms with Crippen LogP contribution in [0.3, 0.4) is 0 Å². The molecule has 0 spiro atoms. The fourth-order valence-corrected chi connectivity index (χ4v) is 5.53. The number of hydrogen-bond acceptors (Lipinski definition) is 4. The number of aromatic nitrogens is 1. The molecule has 8 heteroatoms. The zero-order valence-electron chi connectivity index (χ0n) is 17.3. The van der Waals surface area contributed by atoms with E-state index in [0.717, 1.165) is 12.1 Å². The SMILES string of the molecule is COc1ccc(N2CC(C(=O)N3CC4CC(C3)c3cccc(=O)n3C4)CC2=O)cc1Cl. The number of fused-ring (bicyclic) bond motifs is 4. The van der Waals surface area contributed by atoms with Gasteiger partial charge in [0.2, 0.25) is 11.8 Å². The van der Waals surface area contributed by atoms with Gasteiger partial charge in [0.05, 0.1) is 18.1 Å². The van der Waals surface area contributed by atoms with E-state index in [1.165, 1.54) is 0 Å². The Bertz CT molecular complexity index is 1110. The summed E-state index contributed by atoms with van der Waals surface area (Å²) in [5.74, 6) is 0.558. The van der Waals surface area contributed by atoms with Crippen LogP contribution in [0.1, 0.15) is 24.5 Å². The number of benzene rings is 1. The van der Waals surface area contributed by atoms with Gasteiger partial charge >= 0.3 is 0 Å². The van der Waals surface area contributed by atoms with Gasteiger partial charge in [0, 0.05) is 56.0 Å². The summed E-state index contributed by atoms with van der Waals surface area (Å²) in [6.07, 6.45) is 1.19. The minimum atomic E-state index is -0.370. The maximum atomic E-state index is 13.3. The zero-order chi connectivity index (χ0) is 21.7. The number of amides is 2. The van der Waals surface area contributed by atoms with Crippen LogP contribution in [0.2, 0.25) is 5.02 Å². The quantitative estimate of drug-likeness (QED) is 0.733. The number of hydrogen-bond donors (Lipinski definition) is 0. The minimum absolute atomic E-state index is 0.0249. The van der Waals surface area contributed by atoms with Crippen molar-refractivity contribution in [3.05, 3.63) is 57.5 Å². The van der Waals surface area contributed by atoms with Crippen molar-refractivity contribution in [2.75, 3.05) is 31.6 Å². The Kier molecular flexibility index (Phi) is 5.01. The van der Waals surface area contributed by atoms with Crippen LogP contribution in [0.4, 0.5) is 5.69 Å². The van der Waals surface area contributed by atoms with Crippen LogP contribution < -0.4 is 15.2 Å². The van der Waals surface area contributed by atoms with Gasteiger partial charge in [-0.05, 0) is 36.6 Å². The van der Waals surface area contributed by atoms with Gasteiger partial charge in [0.1, 0.15) is 5.75 Å². The van der Waals surface area contributed by atoms with Crippen molar-refractivity contribution < 1.29 is 14.3 Å². The smallest absolute Gasteiger partial charge is 0.250 e. The molecule has 0 radical (unpaired) electrons. The number of pyridine rings is 1. The van der Waals surface area contributed by atoms with Crippen molar-refractivity contribution in [3.8, 4) is 5.75 Å². The lowest BCUT2D eigenvalue weighted by Crippen LogP contribution is -2.50. The van der Waals surface area contributed by atoms with Crippen molar-refractivity contribution in [1.82, 2.24) is 9.47 Å². The molecule has 7 nitrogen and oxygen atoms in total. The third kappa shape index (κ3) is 3.51. The van der Waals surface area contributed by atoms with Crippen LogP contribution in [0.15, 0.2) is 41.2 Å². The van der Waals surface area contributed by atoms with Gasteiger partial charge in [0.15, 0.2) is 0 Å². The van der Waals surface area contributed by atoms with Gasteiger partial charge < -0.3 is 19.1 Å². The number of halogens is 1. The van der Waals surface area contributed by atoms with Gasteiger partial charge in [-0.1, -0.05) is 17.7 Å². The van der Waals surface area contributed by atoms with E-state index in [1.54, 1.807) is 42.3 Å². The Labute approximate surface area is 185 Å². The molecule has 31 heavy (non-hydrogen) atoms. The monoisotopic (exact) mass is 441 g/mol. The van der Waals surface area contributed by atoms with Gasteiger partial charge in [-0.15, -0.1) is 0 Å². The molecule has 3 atom stereocenters. The highest BCUT2D eigenvalue weighted by Crippen LogP contribution is 2.37. The number of rotatable bonds is 3. The number of anilines is 1. The molecule has 2 aromatic rings. The highest BCUT2D eigenvalue weighted by Gasteiger charge is 2.41. The van der Waals surface area contributed by atoms with Crippen molar-refractivity contribution in [1.29, 1.82) is 0 Å². The summed E-state index contributed by atoms with van der Waals surface area (Å²) in [5, 5.41) is 0.431. The van der Waals surface area contributed by atoms with Crippen LogP contribution in [-0.2, 0) is 16.1 Å². The third-order valence-corrected chi connectivity index (χ3v) is 7.01. The third-order valence-electron chi connectivity index (χ3n) is 6.71. The molecule has 0 N–H and O–H groups in total. The maximum absolute atomic E-state index is 13.3. The predicted octanol–water partition coefficient (Wildman–Crippen LogP) is 2.51. The standard InChI is InChI=1S/C23H24ClN3O4/c1-31-20-6-5-17(9-18(20)24)26-13-16(8-22(26)29)23(30)25-10-14-7-15(12-25)19-3-2-4-21(28)27(19)11-14/h2-6,9,14-16H,7-8,10-13H2,1H3. The highest BCUT2D eigenvalue weighted by atomic mass is 35.5. The van der Waals surface area contributed by atoms with Crippen molar-refractivity contribution >= 4 is 29.1 Å². The van der Waals surface area contributed by atoms with Crippen molar-refractivity contribution in [2.45, 2.75) is 25.3 Å². The zero-order valence-corrected chi connectivity index (χ0v) is 18.0. The molecule has 5 rings (SSSR count). The molecule has 3 aliphatic rings. The van der Waals surface area contributed by atoms with Crippen LogP contribution in [0, 0.1) is 11.8 Å². The molecule has 162 valence electrons. The molecule has 2 amide bonds. The van der Waals surface area contributed by atoms with E-state index < -0.39 is 0 Å². The molecule has 2 fully saturated rings. The molecule has 2 saturated heterocycles. The number of ether oxygens (including phenoxy) is 1. The molecular formula is C23H24ClN3O4. The molecule has 3 aliphatic heterocycles. The second-order valence-corrected chi connectivity index (χ2v) is 9.07. The van der Waals surface area contributed by atoms with Gasteiger partial charge in [0.25, 0.3) is 5.56 Å². The van der Waals surface area contributed by atoms with Gasteiger partial charge in [-0.3, -0.25) is 14.4 Å². The first kappa shape index (κ1) is 20.1. The lowest BCUT2D eigenvalue weighted by atomic mass is 9.82. The summed E-state index contributed by atoms with van der Waals surface area (Å²) in [6.45, 7) is 2.23. The lowest BCUT2D eigenvalue weighted by molar-refractivity contribution is -0.138.